The highest BCUT2D eigenvalue weighted by atomic mass is 35.5. The van der Waals surface area contributed by atoms with E-state index in [4.69, 9.17) is 11.6 Å². The van der Waals surface area contributed by atoms with Crippen LogP contribution < -0.4 is 5.32 Å². The number of fused-ring (bicyclic) bond motifs is 1. The Hall–Kier alpha value is -2.13. The van der Waals surface area contributed by atoms with E-state index in [2.05, 4.69) is 35.2 Å². The molecule has 4 heteroatoms. The van der Waals surface area contributed by atoms with Crippen molar-refractivity contribution in [3.05, 3.63) is 65.4 Å². The molecular formula is C19H20ClN3. The van der Waals surface area contributed by atoms with E-state index >= 15 is 0 Å². The molecule has 23 heavy (non-hydrogen) atoms. The van der Waals surface area contributed by atoms with Gasteiger partial charge in [-0.3, -0.25) is 9.97 Å². The van der Waals surface area contributed by atoms with Gasteiger partial charge in [0, 0.05) is 24.0 Å². The third-order valence-corrected chi connectivity index (χ3v) is 4.71. The van der Waals surface area contributed by atoms with Gasteiger partial charge in [0.15, 0.2) is 0 Å². The predicted octanol–water partition coefficient (Wildman–Crippen LogP) is 5.13. The van der Waals surface area contributed by atoms with Gasteiger partial charge >= 0.3 is 0 Å². The van der Waals surface area contributed by atoms with Crippen LogP contribution in [0.1, 0.15) is 25.3 Å². The Balaban J connectivity index is 1.73. The first-order chi connectivity index (χ1) is 11.2. The molecule has 1 N–H and O–H groups in total. The lowest BCUT2D eigenvalue weighted by Crippen LogP contribution is -2.17. The molecule has 2 atom stereocenters. The number of halogens is 1. The van der Waals surface area contributed by atoms with Crippen LogP contribution in [0.3, 0.4) is 0 Å². The summed E-state index contributed by atoms with van der Waals surface area (Å²) in [6.07, 6.45) is 3.44. The molecule has 0 aliphatic heterocycles. The molecule has 0 spiro atoms. The zero-order chi connectivity index (χ0) is 16.2. The van der Waals surface area contributed by atoms with E-state index in [1.165, 1.54) is 5.56 Å². The Bertz CT molecular complexity index is 798. The summed E-state index contributed by atoms with van der Waals surface area (Å²) in [4.78, 5) is 8.77. The van der Waals surface area contributed by atoms with Crippen LogP contribution in [0.5, 0.6) is 0 Å². The first-order valence-electron chi connectivity index (χ1n) is 7.85. The molecule has 0 bridgehead atoms. The summed E-state index contributed by atoms with van der Waals surface area (Å²) in [5.74, 6) is 0.805. The van der Waals surface area contributed by atoms with Crippen LogP contribution in [-0.2, 0) is 0 Å². The molecule has 0 aliphatic rings. The van der Waals surface area contributed by atoms with Gasteiger partial charge in [-0.1, -0.05) is 49.7 Å². The van der Waals surface area contributed by atoms with E-state index in [9.17, 15) is 0 Å². The molecule has 0 radical (unpaired) electrons. The second-order valence-electron chi connectivity index (χ2n) is 5.90. The molecule has 0 fully saturated rings. The van der Waals surface area contributed by atoms with Gasteiger partial charge in [0.05, 0.1) is 11.2 Å². The average molecular weight is 326 g/mol. The van der Waals surface area contributed by atoms with E-state index in [-0.39, 0.29) is 0 Å². The van der Waals surface area contributed by atoms with E-state index in [0.29, 0.717) is 11.8 Å². The molecule has 1 heterocycles. The number of rotatable bonds is 5. The fraction of sp³-hybridized carbons (Fsp3) is 0.263. The average Bonchev–Trinajstić information content (AvgIpc) is 2.59. The van der Waals surface area contributed by atoms with Crippen molar-refractivity contribution in [2.75, 3.05) is 11.9 Å². The fourth-order valence-electron chi connectivity index (χ4n) is 2.73. The van der Waals surface area contributed by atoms with Crippen molar-refractivity contribution in [2.24, 2.45) is 5.92 Å². The highest BCUT2D eigenvalue weighted by Crippen LogP contribution is 2.30. The fourth-order valence-corrected chi connectivity index (χ4v) is 3.04. The lowest BCUT2D eigenvalue weighted by molar-refractivity contribution is 0.512. The maximum Gasteiger partial charge on any atom is 0.112 e. The summed E-state index contributed by atoms with van der Waals surface area (Å²) < 4.78 is 0. The van der Waals surface area contributed by atoms with Crippen molar-refractivity contribution in [2.45, 2.75) is 19.8 Å². The monoisotopic (exact) mass is 325 g/mol. The highest BCUT2D eigenvalue weighted by Gasteiger charge is 2.17. The molecule has 0 amide bonds. The number of nitrogens with one attached hydrogen (secondary N) is 1. The minimum absolute atomic E-state index is 0.372. The van der Waals surface area contributed by atoms with E-state index in [0.717, 1.165) is 28.3 Å². The van der Waals surface area contributed by atoms with Crippen molar-refractivity contribution in [3.63, 3.8) is 0 Å². The van der Waals surface area contributed by atoms with Crippen LogP contribution in [0.2, 0.25) is 5.02 Å². The second kappa shape index (κ2) is 6.97. The number of aromatic nitrogens is 2. The van der Waals surface area contributed by atoms with Gasteiger partial charge in [-0.05, 0) is 35.6 Å². The van der Waals surface area contributed by atoms with Gasteiger partial charge in [0.2, 0.25) is 0 Å². The van der Waals surface area contributed by atoms with E-state index in [1.54, 1.807) is 12.4 Å². The lowest BCUT2D eigenvalue weighted by atomic mass is 9.89. The molecule has 3 aromatic rings. The zero-order valence-corrected chi connectivity index (χ0v) is 14.1. The Morgan fingerprint density at radius 3 is 2.61 bits per heavy atom. The SMILES string of the molecule is CC(CNc1cccc2nccnc12)C(C)c1ccccc1Cl. The number of benzene rings is 2. The number of hydrogen-bond acceptors (Lipinski definition) is 3. The van der Waals surface area contributed by atoms with Gasteiger partial charge in [-0.2, -0.15) is 0 Å². The summed E-state index contributed by atoms with van der Waals surface area (Å²) in [7, 11) is 0. The standard InChI is InChI=1S/C19H20ClN3/c1-13(14(2)15-6-3-4-7-16(15)20)12-23-18-9-5-8-17-19(18)22-11-10-21-17/h3-11,13-14,23H,12H2,1-2H3. The smallest absolute Gasteiger partial charge is 0.112 e. The molecule has 1 aromatic heterocycles. The van der Waals surface area contributed by atoms with Gasteiger partial charge in [0.25, 0.3) is 0 Å². The van der Waals surface area contributed by atoms with Crippen molar-refractivity contribution in [1.29, 1.82) is 0 Å². The summed E-state index contributed by atoms with van der Waals surface area (Å²) >= 11 is 6.32. The maximum absolute atomic E-state index is 6.32. The first kappa shape index (κ1) is 15.8. The largest absolute Gasteiger partial charge is 0.383 e. The molecule has 0 saturated heterocycles. The predicted molar refractivity (Wildman–Crippen MR) is 97.1 cm³/mol. The number of para-hydroxylation sites is 1. The Morgan fingerprint density at radius 1 is 1.00 bits per heavy atom. The number of hydrogen-bond donors (Lipinski definition) is 1. The lowest BCUT2D eigenvalue weighted by Gasteiger charge is -2.22. The van der Waals surface area contributed by atoms with Crippen molar-refractivity contribution in [1.82, 2.24) is 9.97 Å². The van der Waals surface area contributed by atoms with Gasteiger partial charge in [-0.25, -0.2) is 0 Å². The van der Waals surface area contributed by atoms with Crippen LogP contribution in [0.25, 0.3) is 11.0 Å². The summed E-state index contributed by atoms with van der Waals surface area (Å²) in [6.45, 7) is 5.30. The second-order valence-corrected chi connectivity index (χ2v) is 6.31. The molecule has 2 unspecified atom stereocenters. The van der Waals surface area contributed by atoms with Crippen LogP contribution in [0.4, 0.5) is 5.69 Å². The minimum Gasteiger partial charge on any atom is -0.383 e. The Kier molecular flexibility index (Phi) is 4.77. The van der Waals surface area contributed by atoms with Crippen LogP contribution in [0, 0.1) is 5.92 Å². The third kappa shape index (κ3) is 3.45. The summed E-state index contributed by atoms with van der Waals surface area (Å²) in [5, 5.41) is 4.35. The zero-order valence-electron chi connectivity index (χ0n) is 13.3. The topological polar surface area (TPSA) is 37.8 Å². The molecular weight excluding hydrogens is 306 g/mol. The number of anilines is 1. The van der Waals surface area contributed by atoms with Gasteiger partial charge in [-0.15, -0.1) is 0 Å². The van der Waals surface area contributed by atoms with Gasteiger partial charge < -0.3 is 5.32 Å². The Labute approximate surface area is 141 Å². The molecule has 3 nitrogen and oxygen atoms in total. The normalized spacial score (nSPS) is 13.7. The maximum atomic E-state index is 6.32. The van der Waals surface area contributed by atoms with Crippen LogP contribution in [-0.4, -0.2) is 16.5 Å². The number of nitrogens with zero attached hydrogens (tertiary/aromatic N) is 2. The summed E-state index contributed by atoms with van der Waals surface area (Å²) in [6, 6.07) is 14.1. The quantitative estimate of drug-likeness (QED) is 0.706. The van der Waals surface area contributed by atoms with Crippen molar-refractivity contribution in [3.8, 4) is 0 Å². The molecule has 0 aliphatic carbocycles. The summed E-state index contributed by atoms with van der Waals surface area (Å²) in [5.41, 5.74) is 4.03. The highest BCUT2D eigenvalue weighted by molar-refractivity contribution is 6.31. The van der Waals surface area contributed by atoms with E-state index < -0.39 is 0 Å². The van der Waals surface area contributed by atoms with Crippen LogP contribution in [0.15, 0.2) is 54.9 Å². The molecule has 2 aromatic carbocycles. The van der Waals surface area contributed by atoms with Gasteiger partial charge in [0.1, 0.15) is 5.52 Å². The van der Waals surface area contributed by atoms with Crippen molar-refractivity contribution < 1.29 is 0 Å². The molecule has 3 rings (SSSR count). The van der Waals surface area contributed by atoms with Crippen LogP contribution >= 0.6 is 11.6 Å². The molecule has 0 saturated carbocycles. The minimum atomic E-state index is 0.372. The van der Waals surface area contributed by atoms with E-state index in [1.807, 2.05) is 36.4 Å². The first-order valence-corrected chi connectivity index (χ1v) is 8.22. The molecule has 118 valence electrons. The Morgan fingerprint density at radius 2 is 1.78 bits per heavy atom. The third-order valence-electron chi connectivity index (χ3n) is 4.36. The van der Waals surface area contributed by atoms with Crippen molar-refractivity contribution >= 4 is 28.3 Å².